The number of allylic oxidation sites excluding steroid dienone is 1. The lowest BCUT2D eigenvalue weighted by Gasteiger charge is -1.91. The molecule has 3 nitrogen and oxygen atoms in total. The first-order valence-electron chi connectivity index (χ1n) is 3.18. The number of carbonyl (C=O) groups is 2. The summed E-state index contributed by atoms with van der Waals surface area (Å²) in [5.74, 6) is -0.494. The predicted octanol–water partition coefficient (Wildman–Crippen LogP) is 0.216. The predicted molar refractivity (Wildman–Crippen MR) is 32.3 cm³/mol. The smallest absolute Gasteiger partial charge is 0.173 e. The second-order valence-corrected chi connectivity index (χ2v) is 2.72. The minimum absolute atomic E-state index is 0.00116. The van der Waals surface area contributed by atoms with Gasteiger partial charge in [0.2, 0.25) is 0 Å². The third kappa shape index (κ3) is 0.454. The topological polar surface area (TPSA) is 54.4 Å². The molecule has 2 aliphatic carbocycles. The fraction of sp³-hybridized carbons (Fsp3) is 0.429. The molecule has 52 valence electrons. The van der Waals surface area contributed by atoms with Crippen LogP contribution in [0.4, 0.5) is 0 Å². The van der Waals surface area contributed by atoms with Gasteiger partial charge in [0, 0.05) is 11.8 Å². The van der Waals surface area contributed by atoms with Crippen molar-refractivity contribution in [2.24, 2.45) is 11.8 Å². The summed E-state index contributed by atoms with van der Waals surface area (Å²) < 4.78 is 0. The molecule has 3 heteroatoms. The molecule has 0 spiro atoms. The Morgan fingerprint density at radius 3 is 2.10 bits per heavy atom. The molecule has 10 heavy (non-hydrogen) atoms. The molecule has 0 amide bonds. The number of carbonyl (C=O) groups excluding carboxylic acids is 2. The van der Waals surface area contributed by atoms with Gasteiger partial charge in [-0.2, -0.15) is 0 Å². The highest BCUT2D eigenvalue weighted by atomic mass is 16.2. The zero-order valence-electron chi connectivity index (χ0n) is 5.20. The number of fused-ring (bicyclic) bond motifs is 1. The Hall–Kier alpha value is -1.12. The SMILES string of the molecule is O=C1C(=CO)C(=O)C2CC12. The Bertz CT molecular complexity index is 230. The molecule has 0 aromatic rings. The molecule has 0 radical (unpaired) electrons. The molecule has 2 unspecified atom stereocenters. The van der Waals surface area contributed by atoms with Gasteiger partial charge in [0.25, 0.3) is 0 Å². The zero-order valence-corrected chi connectivity index (χ0v) is 5.20. The van der Waals surface area contributed by atoms with Crippen LogP contribution in [0.25, 0.3) is 0 Å². The van der Waals surface area contributed by atoms with Gasteiger partial charge in [-0.3, -0.25) is 9.59 Å². The summed E-state index contributed by atoms with van der Waals surface area (Å²) in [5.41, 5.74) is 0.00116. The van der Waals surface area contributed by atoms with Crippen LogP contribution in [0.2, 0.25) is 0 Å². The number of hydrogen-bond acceptors (Lipinski definition) is 3. The van der Waals surface area contributed by atoms with E-state index in [1.165, 1.54) is 0 Å². The summed E-state index contributed by atoms with van der Waals surface area (Å²) in [4.78, 5) is 21.9. The van der Waals surface area contributed by atoms with Crippen molar-refractivity contribution in [3.63, 3.8) is 0 Å². The van der Waals surface area contributed by atoms with Gasteiger partial charge in [-0.05, 0) is 6.42 Å². The van der Waals surface area contributed by atoms with E-state index >= 15 is 0 Å². The minimum atomic E-state index is -0.169. The van der Waals surface area contributed by atoms with Crippen LogP contribution in [0.15, 0.2) is 11.8 Å². The lowest BCUT2D eigenvalue weighted by molar-refractivity contribution is -0.118. The molecule has 0 aromatic heterocycles. The maximum absolute atomic E-state index is 10.9. The Balaban J connectivity index is 2.41. The van der Waals surface area contributed by atoms with Crippen LogP contribution in [-0.2, 0) is 9.59 Å². The Morgan fingerprint density at radius 1 is 1.30 bits per heavy atom. The number of aliphatic hydroxyl groups is 1. The molecule has 0 aliphatic heterocycles. The molecule has 2 atom stereocenters. The van der Waals surface area contributed by atoms with E-state index < -0.39 is 0 Å². The van der Waals surface area contributed by atoms with Crippen molar-refractivity contribution in [3.05, 3.63) is 11.8 Å². The molecule has 1 N–H and O–H groups in total. The minimum Gasteiger partial charge on any atom is -0.515 e. The number of Topliss-reactive ketones (excluding diaryl/α,β-unsaturated/α-hetero) is 2. The monoisotopic (exact) mass is 138 g/mol. The van der Waals surface area contributed by atoms with E-state index in [1.807, 2.05) is 0 Å². The van der Waals surface area contributed by atoms with Crippen LogP contribution < -0.4 is 0 Å². The van der Waals surface area contributed by atoms with Gasteiger partial charge < -0.3 is 5.11 Å². The summed E-state index contributed by atoms with van der Waals surface area (Å²) in [6.07, 6.45) is 1.34. The summed E-state index contributed by atoms with van der Waals surface area (Å²) in [5, 5.41) is 8.44. The van der Waals surface area contributed by atoms with Crippen molar-refractivity contribution in [1.82, 2.24) is 0 Å². The maximum atomic E-state index is 10.9. The van der Waals surface area contributed by atoms with Crippen LogP contribution in [0.3, 0.4) is 0 Å². The van der Waals surface area contributed by atoms with E-state index in [1.54, 1.807) is 0 Å². The van der Waals surface area contributed by atoms with Gasteiger partial charge >= 0.3 is 0 Å². The number of rotatable bonds is 0. The van der Waals surface area contributed by atoms with Crippen molar-refractivity contribution < 1.29 is 14.7 Å². The number of aliphatic hydroxyl groups excluding tert-OH is 1. The van der Waals surface area contributed by atoms with Crippen LogP contribution >= 0.6 is 0 Å². The van der Waals surface area contributed by atoms with Gasteiger partial charge in [0.05, 0.1) is 11.8 Å². The van der Waals surface area contributed by atoms with Crippen molar-refractivity contribution in [2.45, 2.75) is 6.42 Å². The quantitative estimate of drug-likeness (QED) is 0.296. The molecular weight excluding hydrogens is 132 g/mol. The van der Waals surface area contributed by atoms with E-state index in [9.17, 15) is 9.59 Å². The van der Waals surface area contributed by atoms with Gasteiger partial charge in [-0.25, -0.2) is 0 Å². The highest BCUT2D eigenvalue weighted by Gasteiger charge is 2.57. The molecule has 0 bridgehead atoms. The lowest BCUT2D eigenvalue weighted by atomic mass is 10.1. The summed E-state index contributed by atoms with van der Waals surface area (Å²) in [7, 11) is 0. The van der Waals surface area contributed by atoms with Crippen LogP contribution in [-0.4, -0.2) is 16.7 Å². The van der Waals surface area contributed by atoms with Crippen LogP contribution in [0.5, 0.6) is 0 Å². The maximum Gasteiger partial charge on any atom is 0.173 e. The van der Waals surface area contributed by atoms with Gasteiger partial charge in [0.15, 0.2) is 11.6 Å². The second kappa shape index (κ2) is 1.48. The molecule has 0 aromatic carbocycles. The Kier molecular flexibility index (Phi) is 0.836. The average Bonchev–Trinajstić information content (AvgIpc) is 2.62. The molecule has 0 heterocycles. The second-order valence-electron chi connectivity index (χ2n) is 2.72. The van der Waals surface area contributed by atoms with E-state index in [0.717, 1.165) is 0 Å². The largest absolute Gasteiger partial charge is 0.515 e. The lowest BCUT2D eigenvalue weighted by Crippen LogP contribution is -2.05. The van der Waals surface area contributed by atoms with Crippen molar-refractivity contribution in [2.75, 3.05) is 0 Å². The molecule has 0 saturated heterocycles. The van der Waals surface area contributed by atoms with Crippen molar-refractivity contribution >= 4 is 11.6 Å². The van der Waals surface area contributed by atoms with Crippen molar-refractivity contribution in [1.29, 1.82) is 0 Å². The van der Waals surface area contributed by atoms with Crippen LogP contribution in [0.1, 0.15) is 6.42 Å². The molecular formula is C7H6O3. The van der Waals surface area contributed by atoms with E-state index in [-0.39, 0.29) is 29.0 Å². The van der Waals surface area contributed by atoms with Crippen molar-refractivity contribution in [3.8, 4) is 0 Å². The third-order valence-corrected chi connectivity index (χ3v) is 2.12. The summed E-state index contributed by atoms with van der Waals surface area (Å²) >= 11 is 0. The molecule has 2 aliphatic rings. The highest BCUT2D eigenvalue weighted by Crippen LogP contribution is 2.48. The third-order valence-electron chi connectivity index (χ3n) is 2.12. The Labute approximate surface area is 57.3 Å². The van der Waals surface area contributed by atoms with E-state index in [4.69, 9.17) is 5.11 Å². The van der Waals surface area contributed by atoms with Gasteiger partial charge in [-0.15, -0.1) is 0 Å². The normalized spacial score (nSPS) is 36.2. The molecule has 2 saturated carbocycles. The van der Waals surface area contributed by atoms with E-state index in [0.29, 0.717) is 12.7 Å². The number of hydrogen-bond donors (Lipinski definition) is 1. The molecule has 2 fully saturated rings. The molecule has 2 rings (SSSR count). The first-order valence-corrected chi connectivity index (χ1v) is 3.18. The van der Waals surface area contributed by atoms with Crippen LogP contribution in [0, 0.1) is 11.8 Å². The fourth-order valence-corrected chi connectivity index (χ4v) is 1.42. The summed E-state index contributed by atoms with van der Waals surface area (Å²) in [6.45, 7) is 0. The van der Waals surface area contributed by atoms with E-state index in [2.05, 4.69) is 0 Å². The van der Waals surface area contributed by atoms with Gasteiger partial charge in [-0.1, -0.05) is 0 Å². The average molecular weight is 138 g/mol. The first kappa shape index (κ1) is 5.65. The summed E-state index contributed by atoms with van der Waals surface area (Å²) in [6, 6.07) is 0. The standard InChI is InChI=1S/C7H6O3/c8-2-5-6(9)3-1-4(3)7(5)10/h2-4,8H,1H2. The zero-order chi connectivity index (χ0) is 7.30. The highest BCUT2D eigenvalue weighted by molar-refractivity contribution is 6.29. The Morgan fingerprint density at radius 2 is 1.80 bits per heavy atom. The number of ketones is 2. The first-order chi connectivity index (χ1) is 4.75. The fourth-order valence-electron chi connectivity index (χ4n) is 1.42. The van der Waals surface area contributed by atoms with Gasteiger partial charge in [0.1, 0.15) is 0 Å².